The molecule has 1 nitrogen and oxygen atoms in total. The Morgan fingerprint density at radius 2 is 1.89 bits per heavy atom. The largest absolute Gasteiger partial charge is 0.327 e. The van der Waals surface area contributed by atoms with Crippen molar-refractivity contribution >= 4 is 27.5 Å². The second kappa shape index (κ2) is 6.51. The van der Waals surface area contributed by atoms with Gasteiger partial charge in [0.25, 0.3) is 0 Å². The summed E-state index contributed by atoms with van der Waals surface area (Å²) in [5, 5.41) is 0.146. The Labute approximate surface area is 125 Å². The number of rotatable bonds is 4. The van der Waals surface area contributed by atoms with E-state index in [0.29, 0.717) is 18.4 Å². The van der Waals surface area contributed by atoms with Gasteiger partial charge in [-0.1, -0.05) is 51.8 Å². The molecule has 0 aliphatic carbocycles. The lowest BCUT2D eigenvalue weighted by atomic mass is 9.99. The minimum atomic E-state index is -0.367. The molecule has 0 fully saturated rings. The summed E-state index contributed by atoms with van der Waals surface area (Å²) in [4.78, 5) is 0. The lowest BCUT2D eigenvalue weighted by Gasteiger charge is -2.13. The highest BCUT2D eigenvalue weighted by Crippen LogP contribution is 2.20. The summed E-state index contributed by atoms with van der Waals surface area (Å²) in [6.07, 6.45) is 1.17. The van der Waals surface area contributed by atoms with Crippen LogP contribution in [0.5, 0.6) is 0 Å². The third-order valence-corrected chi connectivity index (χ3v) is 3.69. The van der Waals surface area contributed by atoms with E-state index in [4.69, 9.17) is 17.3 Å². The molecule has 4 heteroatoms. The van der Waals surface area contributed by atoms with Gasteiger partial charge in [0.2, 0.25) is 0 Å². The third kappa shape index (κ3) is 4.03. The van der Waals surface area contributed by atoms with Crippen molar-refractivity contribution < 1.29 is 4.39 Å². The van der Waals surface area contributed by atoms with Gasteiger partial charge in [-0.3, -0.25) is 0 Å². The van der Waals surface area contributed by atoms with E-state index in [1.807, 2.05) is 24.3 Å². The van der Waals surface area contributed by atoms with E-state index >= 15 is 0 Å². The fourth-order valence-electron chi connectivity index (χ4n) is 2.03. The molecule has 0 bridgehead atoms. The first-order chi connectivity index (χ1) is 9.06. The summed E-state index contributed by atoms with van der Waals surface area (Å²) in [5.74, 6) is -0.367. The highest BCUT2D eigenvalue weighted by Gasteiger charge is 2.11. The first kappa shape index (κ1) is 14.5. The van der Waals surface area contributed by atoms with Crippen molar-refractivity contribution in [3.63, 3.8) is 0 Å². The predicted molar refractivity (Wildman–Crippen MR) is 80.9 cm³/mol. The van der Waals surface area contributed by atoms with Gasteiger partial charge < -0.3 is 5.73 Å². The maximum atomic E-state index is 13.8. The molecule has 0 heterocycles. The zero-order chi connectivity index (χ0) is 13.8. The number of benzene rings is 2. The summed E-state index contributed by atoms with van der Waals surface area (Å²) in [5.41, 5.74) is 7.78. The van der Waals surface area contributed by atoms with Crippen LogP contribution in [0.4, 0.5) is 4.39 Å². The van der Waals surface area contributed by atoms with Crippen LogP contribution in [0.3, 0.4) is 0 Å². The minimum absolute atomic E-state index is 0.137. The Balaban J connectivity index is 2.05. The van der Waals surface area contributed by atoms with Gasteiger partial charge in [0.1, 0.15) is 5.82 Å². The van der Waals surface area contributed by atoms with Crippen LogP contribution in [0.25, 0.3) is 0 Å². The molecule has 0 aromatic heterocycles. The van der Waals surface area contributed by atoms with Gasteiger partial charge in [0.15, 0.2) is 0 Å². The van der Waals surface area contributed by atoms with E-state index < -0.39 is 0 Å². The van der Waals surface area contributed by atoms with Crippen LogP contribution in [-0.4, -0.2) is 6.04 Å². The van der Waals surface area contributed by atoms with Crippen LogP contribution >= 0.6 is 27.5 Å². The Hall–Kier alpha value is -0.900. The van der Waals surface area contributed by atoms with Crippen molar-refractivity contribution in [1.29, 1.82) is 0 Å². The molecule has 0 aliphatic rings. The second-order valence-corrected chi connectivity index (χ2v) is 5.83. The van der Waals surface area contributed by atoms with Crippen LogP contribution in [-0.2, 0) is 12.8 Å². The topological polar surface area (TPSA) is 26.0 Å². The van der Waals surface area contributed by atoms with Gasteiger partial charge in [-0.15, -0.1) is 0 Å². The molecule has 2 aromatic rings. The lowest BCUT2D eigenvalue weighted by Crippen LogP contribution is -2.26. The molecular weight excluding hydrogens is 329 g/mol. The molecule has 19 heavy (non-hydrogen) atoms. The van der Waals surface area contributed by atoms with Crippen molar-refractivity contribution in [3.05, 3.63) is 68.9 Å². The summed E-state index contributed by atoms with van der Waals surface area (Å²) < 4.78 is 14.8. The van der Waals surface area contributed by atoms with E-state index in [-0.39, 0.29) is 16.9 Å². The first-order valence-electron chi connectivity index (χ1n) is 5.99. The summed E-state index contributed by atoms with van der Waals surface area (Å²) in [7, 11) is 0. The van der Waals surface area contributed by atoms with Crippen LogP contribution in [0.1, 0.15) is 11.1 Å². The van der Waals surface area contributed by atoms with Crippen LogP contribution in [0.2, 0.25) is 5.02 Å². The number of nitrogens with two attached hydrogens (primary N) is 1. The number of halogens is 3. The van der Waals surface area contributed by atoms with Crippen molar-refractivity contribution in [2.75, 3.05) is 0 Å². The molecule has 2 N–H and O–H groups in total. The summed E-state index contributed by atoms with van der Waals surface area (Å²) >= 11 is 9.18. The Kier molecular flexibility index (Phi) is 4.97. The van der Waals surface area contributed by atoms with Gasteiger partial charge in [-0.05, 0) is 42.2 Å². The standard InChI is InChI=1S/C15H14BrClFN/c16-12-5-1-3-10(7-12)8-13(19)9-11-4-2-6-14(17)15(11)18/h1-7,13H,8-9,19H2. The quantitative estimate of drug-likeness (QED) is 0.878. The van der Waals surface area contributed by atoms with Crippen LogP contribution in [0.15, 0.2) is 46.9 Å². The molecule has 0 spiro atoms. The number of hydrogen-bond acceptors (Lipinski definition) is 1. The van der Waals surface area contributed by atoms with Gasteiger partial charge in [-0.2, -0.15) is 0 Å². The highest BCUT2D eigenvalue weighted by atomic mass is 79.9. The Morgan fingerprint density at radius 1 is 1.16 bits per heavy atom. The maximum Gasteiger partial charge on any atom is 0.145 e. The molecule has 0 aliphatic heterocycles. The van der Waals surface area contributed by atoms with Gasteiger partial charge in [-0.25, -0.2) is 4.39 Å². The van der Waals surface area contributed by atoms with Gasteiger partial charge in [0.05, 0.1) is 5.02 Å². The minimum Gasteiger partial charge on any atom is -0.327 e. The Morgan fingerprint density at radius 3 is 2.63 bits per heavy atom. The molecule has 0 amide bonds. The smallest absolute Gasteiger partial charge is 0.145 e. The average Bonchev–Trinajstić information content (AvgIpc) is 2.35. The fourth-order valence-corrected chi connectivity index (χ4v) is 2.67. The SMILES string of the molecule is NC(Cc1cccc(Br)c1)Cc1cccc(Cl)c1F. The average molecular weight is 343 g/mol. The summed E-state index contributed by atoms with van der Waals surface area (Å²) in [6.45, 7) is 0. The molecule has 2 aromatic carbocycles. The van der Waals surface area contributed by atoms with Crippen molar-refractivity contribution in [2.45, 2.75) is 18.9 Å². The van der Waals surface area contributed by atoms with E-state index in [1.54, 1.807) is 18.2 Å². The van der Waals surface area contributed by atoms with E-state index in [2.05, 4.69) is 15.9 Å². The van der Waals surface area contributed by atoms with Crippen molar-refractivity contribution in [1.82, 2.24) is 0 Å². The van der Waals surface area contributed by atoms with E-state index in [0.717, 1.165) is 10.0 Å². The van der Waals surface area contributed by atoms with Crippen LogP contribution < -0.4 is 5.73 Å². The second-order valence-electron chi connectivity index (χ2n) is 4.51. The molecule has 0 radical (unpaired) electrons. The monoisotopic (exact) mass is 341 g/mol. The van der Waals surface area contributed by atoms with E-state index in [1.165, 1.54) is 0 Å². The molecule has 2 rings (SSSR count). The molecule has 1 atom stereocenters. The molecule has 0 saturated carbocycles. The van der Waals surface area contributed by atoms with Gasteiger partial charge in [0, 0.05) is 10.5 Å². The molecule has 0 saturated heterocycles. The zero-order valence-electron chi connectivity index (χ0n) is 10.2. The highest BCUT2D eigenvalue weighted by molar-refractivity contribution is 9.10. The molecule has 1 unspecified atom stereocenters. The fraction of sp³-hybridized carbons (Fsp3) is 0.200. The van der Waals surface area contributed by atoms with Gasteiger partial charge >= 0.3 is 0 Å². The third-order valence-electron chi connectivity index (χ3n) is 2.90. The molecular formula is C15H14BrClFN. The van der Waals surface area contributed by atoms with E-state index in [9.17, 15) is 4.39 Å². The van der Waals surface area contributed by atoms with Crippen LogP contribution in [0, 0.1) is 5.82 Å². The Bertz CT molecular complexity index is 574. The predicted octanol–water partition coefficient (Wildman–Crippen LogP) is 4.35. The normalized spacial score (nSPS) is 12.4. The number of hydrogen-bond donors (Lipinski definition) is 1. The first-order valence-corrected chi connectivity index (χ1v) is 7.16. The van der Waals surface area contributed by atoms with Crippen molar-refractivity contribution in [3.8, 4) is 0 Å². The van der Waals surface area contributed by atoms with Crippen molar-refractivity contribution in [2.24, 2.45) is 5.73 Å². The lowest BCUT2D eigenvalue weighted by molar-refractivity contribution is 0.584. The summed E-state index contributed by atoms with van der Waals surface area (Å²) in [6, 6.07) is 12.8. The molecule has 100 valence electrons. The zero-order valence-corrected chi connectivity index (χ0v) is 12.6. The maximum absolute atomic E-state index is 13.8.